The van der Waals surface area contributed by atoms with E-state index in [4.69, 9.17) is 16.3 Å². The number of amides is 1. The van der Waals surface area contributed by atoms with Crippen LogP contribution in [0.25, 0.3) is 11.3 Å². The fourth-order valence-electron chi connectivity index (χ4n) is 2.34. The van der Waals surface area contributed by atoms with E-state index >= 15 is 0 Å². The molecular formula is C19H14ClFN2O3S. The molecule has 1 aromatic heterocycles. The molecule has 0 radical (unpaired) electrons. The number of aromatic nitrogens is 1. The zero-order valence-electron chi connectivity index (χ0n) is 14.2. The highest BCUT2D eigenvalue weighted by Gasteiger charge is 2.22. The number of esters is 1. The van der Waals surface area contributed by atoms with Crippen LogP contribution in [0.4, 0.5) is 9.52 Å². The Morgan fingerprint density at radius 2 is 1.96 bits per heavy atom. The van der Waals surface area contributed by atoms with Crippen LogP contribution in [0.2, 0.25) is 5.02 Å². The topological polar surface area (TPSA) is 68.3 Å². The Morgan fingerprint density at radius 3 is 2.63 bits per heavy atom. The van der Waals surface area contributed by atoms with E-state index in [0.29, 0.717) is 11.3 Å². The molecule has 0 spiro atoms. The summed E-state index contributed by atoms with van der Waals surface area (Å²) in [6.07, 6.45) is 0. The van der Waals surface area contributed by atoms with Crippen LogP contribution in [-0.4, -0.2) is 23.5 Å². The largest absolute Gasteiger partial charge is 0.462 e. The number of carbonyl (C=O) groups is 2. The van der Waals surface area contributed by atoms with Crippen molar-refractivity contribution in [3.8, 4) is 11.3 Å². The predicted molar refractivity (Wildman–Crippen MR) is 103 cm³/mol. The summed E-state index contributed by atoms with van der Waals surface area (Å²) in [5, 5.41) is 2.88. The first-order chi connectivity index (χ1) is 13.0. The smallest absolute Gasteiger partial charge is 0.350 e. The van der Waals surface area contributed by atoms with Crippen LogP contribution in [0.1, 0.15) is 27.0 Å². The lowest BCUT2D eigenvalue weighted by Crippen LogP contribution is -2.13. The van der Waals surface area contributed by atoms with Crippen LogP contribution < -0.4 is 5.32 Å². The summed E-state index contributed by atoms with van der Waals surface area (Å²) in [7, 11) is 0. The molecule has 0 fully saturated rings. The fraction of sp³-hybridized carbons (Fsp3) is 0.105. The molecule has 1 heterocycles. The Hall–Kier alpha value is -2.77. The number of thiazole rings is 1. The van der Waals surface area contributed by atoms with Crippen molar-refractivity contribution in [1.82, 2.24) is 4.98 Å². The SMILES string of the molecule is CCOC(=O)c1sc(NC(=O)c2ccc(Cl)cc2F)nc1-c1ccccc1. The Kier molecular flexibility index (Phi) is 5.83. The number of halogens is 2. The van der Waals surface area contributed by atoms with Gasteiger partial charge in [-0.25, -0.2) is 14.2 Å². The maximum atomic E-state index is 13.9. The lowest BCUT2D eigenvalue weighted by atomic mass is 10.1. The van der Waals surface area contributed by atoms with E-state index < -0.39 is 17.7 Å². The lowest BCUT2D eigenvalue weighted by molar-refractivity contribution is 0.0532. The highest BCUT2D eigenvalue weighted by Crippen LogP contribution is 2.32. The zero-order chi connectivity index (χ0) is 19.4. The molecule has 0 aliphatic heterocycles. The van der Waals surface area contributed by atoms with E-state index in [9.17, 15) is 14.0 Å². The maximum absolute atomic E-state index is 13.9. The lowest BCUT2D eigenvalue weighted by Gasteiger charge is -2.03. The number of rotatable bonds is 5. The molecule has 1 amide bonds. The average Bonchev–Trinajstić information content (AvgIpc) is 3.06. The van der Waals surface area contributed by atoms with Gasteiger partial charge in [0.05, 0.1) is 17.9 Å². The summed E-state index contributed by atoms with van der Waals surface area (Å²) in [6, 6.07) is 12.8. The molecule has 5 nitrogen and oxygen atoms in total. The summed E-state index contributed by atoms with van der Waals surface area (Å²) in [5.74, 6) is -1.97. The van der Waals surface area contributed by atoms with Gasteiger partial charge >= 0.3 is 5.97 Å². The average molecular weight is 405 g/mol. The van der Waals surface area contributed by atoms with Gasteiger partial charge in [0.15, 0.2) is 5.13 Å². The van der Waals surface area contributed by atoms with E-state index in [0.717, 1.165) is 17.4 Å². The van der Waals surface area contributed by atoms with Crippen molar-refractivity contribution in [3.05, 3.63) is 69.8 Å². The van der Waals surface area contributed by atoms with Crippen LogP contribution in [0.15, 0.2) is 48.5 Å². The first-order valence-electron chi connectivity index (χ1n) is 7.99. The van der Waals surface area contributed by atoms with Gasteiger partial charge in [-0.3, -0.25) is 10.1 Å². The monoisotopic (exact) mass is 404 g/mol. The maximum Gasteiger partial charge on any atom is 0.350 e. The van der Waals surface area contributed by atoms with Crippen molar-refractivity contribution in [2.24, 2.45) is 0 Å². The van der Waals surface area contributed by atoms with Crippen LogP contribution in [-0.2, 0) is 4.74 Å². The normalized spacial score (nSPS) is 10.5. The molecule has 0 unspecified atom stereocenters. The first-order valence-corrected chi connectivity index (χ1v) is 9.18. The van der Waals surface area contributed by atoms with E-state index in [1.165, 1.54) is 12.1 Å². The summed E-state index contributed by atoms with van der Waals surface area (Å²) in [6.45, 7) is 1.91. The van der Waals surface area contributed by atoms with Crippen LogP contribution >= 0.6 is 22.9 Å². The molecule has 0 bridgehead atoms. The van der Waals surface area contributed by atoms with E-state index in [1.807, 2.05) is 18.2 Å². The molecule has 0 saturated carbocycles. The summed E-state index contributed by atoms with van der Waals surface area (Å²) < 4.78 is 19.0. The zero-order valence-corrected chi connectivity index (χ0v) is 15.7. The molecular weight excluding hydrogens is 391 g/mol. The Balaban J connectivity index is 1.94. The quantitative estimate of drug-likeness (QED) is 0.605. The highest BCUT2D eigenvalue weighted by atomic mass is 35.5. The second kappa shape index (κ2) is 8.28. The van der Waals surface area contributed by atoms with Gasteiger partial charge < -0.3 is 4.74 Å². The number of nitrogens with zero attached hydrogens (tertiary/aromatic N) is 1. The minimum Gasteiger partial charge on any atom is -0.462 e. The van der Waals surface area contributed by atoms with Gasteiger partial charge in [0.1, 0.15) is 10.7 Å². The highest BCUT2D eigenvalue weighted by molar-refractivity contribution is 7.18. The number of nitrogens with one attached hydrogen (secondary N) is 1. The number of carbonyl (C=O) groups excluding carboxylic acids is 2. The van der Waals surface area contributed by atoms with Crippen molar-refractivity contribution >= 4 is 39.9 Å². The van der Waals surface area contributed by atoms with Crippen LogP contribution in [0, 0.1) is 5.82 Å². The van der Waals surface area contributed by atoms with Crippen molar-refractivity contribution in [3.63, 3.8) is 0 Å². The Morgan fingerprint density at radius 1 is 1.22 bits per heavy atom. The third-order valence-electron chi connectivity index (χ3n) is 3.53. The van der Waals surface area contributed by atoms with E-state index in [2.05, 4.69) is 10.3 Å². The number of ether oxygens (including phenoxy) is 1. The van der Waals surface area contributed by atoms with Crippen LogP contribution in [0.5, 0.6) is 0 Å². The fourth-order valence-corrected chi connectivity index (χ4v) is 3.37. The molecule has 0 aliphatic rings. The number of hydrogen-bond donors (Lipinski definition) is 1. The van der Waals surface area contributed by atoms with Gasteiger partial charge in [0.2, 0.25) is 0 Å². The van der Waals surface area contributed by atoms with Crippen LogP contribution in [0.3, 0.4) is 0 Å². The number of anilines is 1. The van der Waals surface area contributed by atoms with Crippen molar-refractivity contribution in [1.29, 1.82) is 0 Å². The Bertz CT molecular complexity index is 992. The van der Waals surface area contributed by atoms with E-state index in [-0.39, 0.29) is 27.2 Å². The van der Waals surface area contributed by atoms with Crippen molar-refractivity contribution in [2.75, 3.05) is 11.9 Å². The van der Waals surface area contributed by atoms with Gasteiger partial charge in [-0.05, 0) is 25.1 Å². The molecule has 27 heavy (non-hydrogen) atoms. The summed E-state index contributed by atoms with van der Waals surface area (Å²) >= 11 is 6.67. The van der Waals surface area contributed by atoms with E-state index in [1.54, 1.807) is 19.1 Å². The third-order valence-corrected chi connectivity index (χ3v) is 4.72. The molecule has 0 atom stereocenters. The molecule has 0 saturated heterocycles. The third kappa shape index (κ3) is 4.32. The Labute approximate surface area is 163 Å². The summed E-state index contributed by atoms with van der Waals surface area (Å²) in [5.41, 5.74) is 0.925. The number of benzene rings is 2. The first kappa shape index (κ1) is 19.0. The van der Waals surface area contributed by atoms with Gasteiger partial charge in [-0.15, -0.1) is 0 Å². The number of hydrogen-bond acceptors (Lipinski definition) is 5. The molecule has 0 aliphatic carbocycles. The molecule has 2 aromatic carbocycles. The van der Waals surface area contributed by atoms with Gasteiger partial charge in [-0.1, -0.05) is 53.3 Å². The minimum atomic E-state index is -0.745. The molecule has 3 rings (SSSR count). The summed E-state index contributed by atoms with van der Waals surface area (Å²) in [4.78, 5) is 29.2. The van der Waals surface area contributed by atoms with Gasteiger partial charge in [-0.2, -0.15) is 0 Å². The van der Waals surface area contributed by atoms with Gasteiger partial charge in [0, 0.05) is 10.6 Å². The molecule has 1 N–H and O–H groups in total. The van der Waals surface area contributed by atoms with Crippen molar-refractivity contribution < 1.29 is 18.7 Å². The van der Waals surface area contributed by atoms with Gasteiger partial charge in [0.25, 0.3) is 5.91 Å². The minimum absolute atomic E-state index is 0.163. The second-order valence-corrected chi connectivity index (χ2v) is 6.80. The molecule has 8 heteroatoms. The standard InChI is InChI=1S/C19H14ClFN2O3S/c1-2-26-18(25)16-15(11-6-4-3-5-7-11)22-19(27-16)23-17(24)13-9-8-12(20)10-14(13)21/h3-10H,2H2,1H3,(H,22,23,24). The predicted octanol–water partition coefficient (Wildman–Crippen LogP) is 5.03. The molecule has 3 aromatic rings. The second-order valence-electron chi connectivity index (χ2n) is 5.36. The molecule has 138 valence electrons. The van der Waals surface area contributed by atoms with Crippen molar-refractivity contribution in [2.45, 2.75) is 6.92 Å².